The van der Waals surface area contributed by atoms with Gasteiger partial charge in [-0.05, 0) is 25.7 Å². The molecule has 0 spiro atoms. The molecular weight excluding hydrogens is 286 g/mol. The number of carbonyl (C=O) groups excluding carboxylic acids is 1. The highest BCUT2D eigenvalue weighted by atomic mass is 16.5. The Bertz CT molecular complexity index is 394. The van der Waals surface area contributed by atoms with Gasteiger partial charge in [0.2, 0.25) is 0 Å². The quantitative estimate of drug-likeness (QED) is 0.776. The maximum atomic E-state index is 12.8. The highest BCUT2D eigenvalue weighted by Gasteiger charge is 2.39. The predicted octanol–water partition coefficient (Wildman–Crippen LogP) is 1.81. The standard InChI is InChI=1S/C16H27NO5/c1-3-14(22-12-6-4-5-7-12)16(20)17-10-13(21-2)8-11(17)9-15(18)19/h11-14H,3-10H2,1-2H3,(H,18,19). The molecule has 1 saturated heterocycles. The van der Waals surface area contributed by atoms with Crippen molar-refractivity contribution < 1.29 is 24.2 Å². The number of methoxy groups -OCH3 is 1. The first-order chi connectivity index (χ1) is 10.5. The molecule has 0 aromatic rings. The number of carboxylic acid groups (broad SMARTS) is 1. The van der Waals surface area contributed by atoms with Gasteiger partial charge in [0, 0.05) is 19.7 Å². The molecule has 0 radical (unpaired) electrons. The van der Waals surface area contributed by atoms with E-state index < -0.39 is 12.1 Å². The maximum absolute atomic E-state index is 12.8. The molecule has 1 saturated carbocycles. The molecule has 126 valence electrons. The molecule has 2 aliphatic rings. The molecule has 3 unspecified atom stereocenters. The van der Waals surface area contributed by atoms with E-state index in [9.17, 15) is 9.59 Å². The van der Waals surface area contributed by atoms with Crippen molar-refractivity contribution in [2.45, 2.75) is 76.2 Å². The predicted molar refractivity (Wildman–Crippen MR) is 80.6 cm³/mol. The van der Waals surface area contributed by atoms with E-state index in [2.05, 4.69) is 0 Å². The first-order valence-corrected chi connectivity index (χ1v) is 8.25. The minimum Gasteiger partial charge on any atom is -0.481 e. The fourth-order valence-corrected chi connectivity index (χ4v) is 3.48. The molecule has 3 atom stereocenters. The molecule has 2 fully saturated rings. The second-order valence-corrected chi connectivity index (χ2v) is 6.28. The average Bonchev–Trinajstić information content (AvgIpc) is 3.12. The van der Waals surface area contributed by atoms with Crippen LogP contribution in [0.1, 0.15) is 51.9 Å². The smallest absolute Gasteiger partial charge is 0.305 e. The number of nitrogens with zero attached hydrogens (tertiary/aromatic N) is 1. The summed E-state index contributed by atoms with van der Waals surface area (Å²) in [6.45, 7) is 2.39. The van der Waals surface area contributed by atoms with Gasteiger partial charge in [-0.1, -0.05) is 19.8 Å². The van der Waals surface area contributed by atoms with Crippen molar-refractivity contribution >= 4 is 11.9 Å². The normalized spacial score (nSPS) is 27.3. The number of carboxylic acids is 1. The third-order valence-corrected chi connectivity index (χ3v) is 4.71. The first kappa shape index (κ1) is 17.2. The molecule has 1 aliphatic heterocycles. The van der Waals surface area contributed by atoms with E-state index in [1.807, 2.05) is 6.92 Å². The molecule has 0 aromatic heterocycles. The van der Waals surface area contributed by atoms with Gasteiger partial charge >= 0.3 is 5.97 Å². The summed E-state index contributed by atoms with van der Waals surface area (Å²) in [4.78, 5) is 25.5. The first-order valence-electron chi connectivity index (χ1n) is 8.25. The van der Waals surface area contributed by atoms with Gasteiger partial charge in [-0.25, -0.2) is 0 Å². The lowest BCUT2D eigenvalue weighted by Crippen LogP contribution is -2.45. The van der Waals surface area contributed by atoms with Crippen molar-refractivity contribution in [2.75, 3.05) is 13.7 Å². The number of amides is 1. The van der Waals surface area contributed by atoms with Crippen LogP contribution in [0.4, 0.5) is 0 Å². The van der Waals surface area contributed by atoms with Gasteiger partial charge in [0.15, 0.2) is 0 Å². The number of hydrogen-bond acceptors (Lipinski definition) is 4. The number of ether oxygens (including phenoxy) is 2. The Hall–Kier alpha value is -1.14. The zero-order valence-corrected chi connectivity index (χ0v) is 13.5. The maximum Gasteiger partial charge on any atom is 0.305 e. The molecule has 22 heavy (non-hydrogen) atoms. The van der Waals surface area contributed by atoms with E-state index in [4.69, 9.17) is 14.6 Å². The zero-order chi connectivity index (χ0) is 16.1. The summed E-state index contributed by atoms with van der Waals surface area (Å²) in [5, 5.41) is 9.05. The third kappa shape index (κ3) is 4.20. The molecule has 1 N–H and O–H groups in total. The second kappa shape index (κ2) is 7.92. The highest BCUT2D eigenvalue weighted by molar-refractivity contribution is 5.82. The van der Waals surface area contributed by atoms with E-state index in [0.717, 1.165) is 25.7 Å². The molecule has 6 heteroatoms. The van der Waals surface area contributed by atoms with Crippen molar-refractivity contribution in [2.24, 2.45) is 0 Å². The van der Waals surface area contributed by atoms with Crippen LogP contribution in [0.3, 0.4) is 0 Å². The SMILES string of the molecule is CCC(OC1CCCC1)C(=O)N1CC(OC)CC1CC(=O)O. The Labute approximate surface area is 131 Å². The number of aliphatic carboxylic acids is 1. The molecule has 1 aliphatic carbocycles. The molecule has 1 amide bonds. The largest absolute Gasteiger partial charge is 0.481 e. The van der Waals surface area contributed by atoms with E-state index in [1.165, 1.54) is 0 Å². The van der Waals surface area contributed by atoms with Crippen LogP contribution in [0.5, 0.6) is 0 Å². The summed E-state index contributed by atoms with van der Waals surface area (Å²) in [5.41, 5.74) is 0. The summed E-state index contributed by atoms with van der Waals surface area (Å²) in [7, 11) is 1.60. The number of carbonyl (C=O) groups is 2. The minimum atomic E-state index is -0.885. The molecule has 2 rings (SSSR count). The molecule has 6 nitrogen and oxygen atoms in total. The fraction of sp³-hybridized carbons (Fsp3) is 0.875. The Morgan fingerprint density at radius 1 is 1.27 bits per heavy atom. The Balaban J connectivity index is 2.01. The number of rotatable bonds is 7. The van der Waals surface area contributed by atoms with Crippen molar-refractivity contribution in [1.29, 1.82) is 0 Å². The lowest BCUT2D eigenvalue weighted by Gasteiger charge is -2.29. The molecule has 0 aromatic carbocycles. The Morgan fingerprint density at radius 3 is 2.50 bits per heavy atom. The van der Waals surface area contributed by atoms with Crippen molar-refractivity contribution in [3.8, 4) is 0 Å². The van der Waals surface area contributed by atoms with Gasteiger partial charge in [-0.2, -0.15) is 0 Å². The summed E-state index contributed by atoms with van der Waals surface area (Å²) in [6.07, 6.45) is 5.13. The van der Waals surface area contributed by atoms with E-state index in [-0.39, 0.29) is 30.6 Å². The van der Waals surface area contributed by atoms with Crippen LogP contribution in [0, 0.1) is 0 Å². The van der Waals surface area contributed by atoms with Crippen LogP contribution in [0.15, 0.2) is 0 Å². The van der Waals surface area contributed by atoms with Gasteiger partial charge in [0.05, 0.1) is 18.6 Å². The monoisotopic (exact) mass is 313 g/mol. The van der Waals surface area contributed by atoms with Gasteiger partial charge < -0.3 is 19.5 Å². The zero-order valence-electron chi connectivity index (χ0n) is 13.5. The number of hydrogen-bond donors (Lipinski definition) is 1. The van der Waals surface area contributed by atoms with Crippen molar-refractivity contribution in [3.63, 3.8) is 0 Å². The summed E-state index contributed by atoms with van der Waals surface area (Å²) < 4.78 is 11.3. The van der Waals surface area contributed by atoms with Gasteiger partial charge in [-0.3, -0.25) is 9.59 Å². The van der Waals surface area contributed by atoms with E-state index in [0.29, 0.717) is 19.4 Å². The summed E-state index contributed by atoms with van der Waals surface area (Å²) in [6, 6.07) is -0.295. The lowest BCUT2D eigenvalue weighted by molar-refractivity contribution is -0.150. The van der Waals surface area contributed by atoms with Crippen molar-refractivity contribution in [1.82, 2.24) is 4.90 Å². The summed E-state index contributed by atoms with van der Waals surface area (Å²) >= 11 is 0. The number of likely N-dealkylation sites (tertiary alicyclic amines) is 1. The van der Waals surface area contributed by atoms with Crippen LogP contribution in [-0.4, -0.2) is 59.9 Å². The molecular formula is C16H27NO5. The summed E-state index contributed by atoms with van der Waals surface area (Å²) in [5.74, 6) is -0.968. The van der Waals surface area contributed by atoms with Crippen molar-refractivity contribution in [3.05, 3.63) is 0 Å². The molecule has 0 bridgehead atoms. The average molecular weight is 313 g/mol. The van der Waals surface area contributed by atoms with Crippen LogP contribution in [-0.2, 0) is 19.1 Å². The van der Waals surface area contributed by atoms with Gasteiger partial charge in [0.1, 0.15) is 6.10 Å². The topological polar surface area (TPSA) is 76.1 Å². The van der Waals surface area contributed by atoms with Crippen LogP contribution < -0.4 is 0 Å². The third-order valence-electron chi connectivity index (χ3n) is 4.71. The van der Waals surface area contributed by atoms with Gasteiger partial charge in [-0.15, -0.1) is 0 Å². The van der Waals surface area contributed by atoms with Crippen LogP contribution in [0.2, 0.25) is 0 Å². The second-order valence-electron chi connectivity index (χ2n) is 6.28. The minimum absolute atomic E-state index is 0.0362. The van der Waals surface area contributed by atoms with Crippen LogP contribution in [0.25, 0.3) is 0 Å². The Kier molecular flexibility index (Phi) is 6.20. The highest BCUT2D eigenvalue weighted by Crippen LogP contribution is 2.27. The van der Waals surface area contributed by atoms with E-state index in [1.54, 1.807) is 12.0 Å². The van der Waals surface area contributed by atoms with Gasteiger partial charge in [0.25, 0.3) is 5.91 Å². The van der Waals surface area contributed by atoms with E-state index >= 15 is 0 Å². The lowest BCUT2D eigenvalue weighted by atomic mass is 10.1. The fourth-order valence-electron chi connectivity index (χ4n) is 3.48. The molecule has 1 heterocycles. The Morgan fingerprint density at radius 2 is 1.95 bits per heavy atom. The van der Waals surface area contributed by atoms with Crippen LogP contribution >= 0.6 is 0 Å².